The molecule has 0 radical (unpaired) electrons. The number of aryl methyl sites for hydroxylation is 2. The summed E-state index contributed by atoms with van der Waals surface area (Å²) in [4.78, 5) is 2.49. The average Bonchev–Trinajstić information content (AvgIpc) is 3.10. The molecule has 6 nitrogen and oxygen atoms in total. The second-order valence-corrected chi connectivity index (χ2v) is 12.3. The minimum Gasteiger partial charge on any atom is -0.406 e. The number of benzene rings is 3. The fraction of sp³-hybridized carbons (Fsp3) is 0.400. The quantitative estimate of drug-likeness (QED) is 0.336. The molecule has 2 N–H and O–H groups in total. The number of para-hydroxylation sites is 2. The van der Waals surface area contributed by atoms with E-state index in [1.165, 1.54) is 23.3 Å². The van der Waals surface area contributed by atoms with Crippen LogP contribution in [0.3, 0.4) is 0 Å². The smallest absolute Gasteiger partial charge is 0.406 e. The van der Waals surface area contributed by atoms with Gasteiger partial charge in [-0.05, 0) is 86.1 Å². The Bertz CT molecular complexity index is 1390. The van der Waals surface area contributed by atoms with Gasteiger partial charge in [0.2, 0.25) is 0 Å². The number of anilines is 2. The number of ether oxygens (including phenoxy) is 1. The molecule has 1 unspecified atom stereocenters. The number of aliphatic hydroxyl groups excluding tert-OH is 1. The summed E-state index contributed by atoms with van der Waals surface area (Å²) in [6.45, 7) is 2.20. The van der Waals surface area contributed by atoms with E-state index in [1.807, 2.05) is 31.2 Å². The highest BCUT2D eigenvalue weighted by Crippen LogP contribution is 2.41. The van der Waals surface area contributed by atoms with E-state index >= 15 is 0 Å². The molecule has 1 aliphatic heterocycles. The first-order valence-corrected chi connectivity index (χ1v) is 15.2. The molecule has 0 aromatic heterocycles. The van der Waals surface area contributed by atoms with Crippen molar-refractivity contribution in [1.82, 2.24) is 4.72 Å². The van der Waals surface area contributed by atoms with Crippen LogP contribution >= 0.6 is 0 Å². The van der Waals surface area contributed by atoms with Gasteiger partial charge in [0, 0.05) is 24.0 Å². The summed E-state index contributed by atoms with van der Waals surface area (Å²) in [5, 5.41) is 11.8. The van der Waals surface area contributed by atoms with Crippen molar-refractivity contribution in [1.29, 1.82) is 0 Å². The van der Waals surface area contributed by atoms with E-state index in [2.05, 4.69) is 43.0 Å². The SMILES string of the molecule is CCCN=S(=O)(N[C@@H]1CCC[C@@H](N2c3ccccc3CCc3ccccc32)[C@@H]1O)c1ccc(OC(F)(F)F)cc1. The van der Waals surface area contributed by atoms with E-state index < -0.39 is 34.2 Å². The fourth-order valence-corrected chi connectivity index (χ4v) is 7.64. The van der Waals surface area contributed by atoms with Crippen LogP contribution in [0.5, 0.6) is 5.75 Å². The summed E-state index contributed by atoms with van der Waals surface area (Å²) in [5.41, 5.74) is 4.55. The van der Waals surface area contributed by atoms with Crippen molar-refractivity contribution >= 4 is 21.3 Å². The Labute approximate surface area is 233 Å². The molecule has 0 spiro atoms. The summed E-state index contributed by atoms with van der Waals surface area (Å²) < 4.78 is 63.8. The predicted octanol–water partition coefficient (Wildman–Crippen LogP) is 6.55. The number of alkyl halides is 3. The molecule has 40 heavy (non-hydrogen) atoms. The third-order valence-corrected chi connectivity index (χ3v) is 9.58. The molecule has 0 saturated heterocycles. The van der Waals surface area contributed by atoms with Gasteiger partial charge in [-0.25, -0.2) is 13.3 Å². The zero-order chi connectivity index (χ0) is 28.3. The summed E-state index contributed by atoms with van der Waals surface area (Å²) >= 11 is 0. The van der Waals surface area contributed by atoms with Crippen molar-refractivity contribution in [3.63, 3.8) is 0 Å². The average molecular weight is 574 g/mol. The number of hydrogen-bond donors (Lipinski definition) is 2. The number of rotatable bonds is 7. The molecule has 3 aromatic carbocycles. The van der Waals surface area contributed by atoms with E-state index in [4.69, 9.17) is 0 Å². The van der Waals surface area contributed by atoms with Crippen LogP contribution in [-0.4, -0.2) is 40.4 Å². The highest BCUT2D eigenvalue weighted by atomic mass is 32.2. The lowest BCUT2D eigenvalue weighted by Gasteiger charge is -2.43. The Balaban J connectivity index is 1.46. The molecule has 4 atom stereocenters. The first-order valence-electron chi connectivity index (χ1n) is 13.7. The fourth-order valence-electron chi connectivity index (χ4n) is 5.67. The normalized spacial score (nSPS) is 22.4. The molecule has 10 heteroatoms. The maximum atomic E-state index is 14.2. The maximum Gasteiger partial charge on any atom is 0.573 e. The van der Waals surface area contributed by atoms with Gasteiger partial charge in [-0.2, -0.15) is 0 Å². The molecule has 3 aromatic rings. The van der Waals surface area contributed by atoms with Crippen LogP contribution in [0.4, 0.5) is 24.5 Å². The number of halogens is 3. The van der Waals surface area contributed by atoms with Crippen molar-refractivity contribution in [3.8, 4) is 5.75 Å². The number of hydrogen-bond acceptors (Lipinski definition) is 5. The van der Waals surface area contributed by atoms with Gasteiger partial charge in [0.1, 0.15) is 15.7 Å². The Hall–Kier alpha value is -3.08. The standard InChI is InChI=1S/C30H34F3N3O3S/c1-2-20-34-40(38,24-18-16-23(17-19-24)39-30(31,32)33)35-25-10-7-13-28(29(25)37)36-26-11-5-3-8-21(26)14-15-22-9-4-6-12-27(22)36/h3-6,8-9,11-12,16-19,25,28-29,37H,2,7,10,13-15,20H2,1H3,(H,34,35,38)/t25-,28-,29-,40?/m1/s1. The second-order valence-electron chi connectivity index (χ2n) is 10.2. The zero-order valence-corrected chi connectivity index (χ0v) is 23.1. The number of fused-ring (bicyclic) bond motifs is 2. The molecule has 0 bridgehead atoms. The first kappa shape index (κ1) is 28.4. The molecular formula is C30H34F3N3O3S. The summed E-state index contributed by atoms with van der Waals surface area (Å²) in [6.07, 6.45) is -1.13. The van der Waals surface area contributed by atoms with E-state index in [1.54, 1.807) is 0 Å². The van der Waals surface area contributed by atoms with Crippen LogP contribution in [0.1, 0.15) is 43.7 Å². The predicted molar refractivity (Wildman–Crippen MR) is 150 cm³/mol. The van der Waals surface area contributed by atoms with Gasteiger partial charge in [-0.15, -0.1) is 13.2 Å². The van der Waals surface area contributed by atoms with Crippen molar-refractivity contribution < 1.29 is 27.2 Å². The Morgan fingerprint density at radius 1 is 0.975 bits per heavy atom. The monoisotopic (exact) mass is 573 g/mol. The van der Waals surface area contributed by atoms with Crippen molar-refractivity contribution in [2.45, 2.75) is 74.9 Å². The van der Waals surface area contributed by atoms with Crippen LogP contribution in [0.25, 0.3) is 0 Å². The molecule has 214 valence electrons. The lowest BCUT2D eigenvalue weighted by atomic mass is 9.86. The Morgan fingerprint density at radius 3 is 2.15 bits per heavy atom. The molecule has 1 heterocycles. The van der Waals surface area contributed by atoms with Gasteiger partial charge in [0.25, 0.3) is 0 Å². The van der Waals surface area contributed by atoms with Gasteiger partial charge in [-0.3, -0.25) is 0 Å². The van der Waals surface area contributed by atoms with Gasteiger partial charge >= 0.3 is 6.36 Å². The molecule has 1 saturated carbocycles. The van der Waals surface area contributed by atoms with Crippen LogP contribution in [0.15, 0.2) is 82.1 Å². The highest BCUT2D eigenvalue weighted by Gasteiger charge is 2.39. The van der Waals surface area contributed by atoms with E-state index in [9.17, 15) is 22.5 Å². The summed E-state index contributed by atoms with van der Waals surface area (Å²) in [5.74, 6) is -0.398. The lowest BCUT2D eigenvalue weighted by molar-refractivity contribution is -0.274. The van der Waals surface area contributed by atoms with Crippen LogP contribution in [0, 0.1) is 0 Å². The topological polar surface area (TPSA) is 74.2 Å². The highest BCUT2D eigenvalue weighted by molar-refractivity contribution is 7.91. The van der Waals surface area contributed by atoms with Gasteiger partial charge in [0.05, 0.1) is 17.0 Å². The molecule has 1 fully saturated rings. The molecule has 0 amide bonds. The molecule has 2 aliphatic rings. The summed E-state index contributed by atoms with van der Waals surface area (Å²) in [7, 11) is -3.25. The van der Waals surface area contributed by atoms with E-state index in [0.29, 0.717) is 19.4 Å². The maximum absolute atomic E-state index is 14.2. The zero-order valence-electron chi connectivity index (χ0n) is 22.3. The third kappa shape index (κ3) is 6.14. The van der Waals surface area contributed by atoms with E-state index in [-0.39, 0.29) is 10.9 Å². The van der Waals surface area contributed by atoms with Gasteiger partial charge in [-0.1, -0.05) is 43.3 Å². The van der Waals surface area contributed by atoms with E-state index in [0.717, 1.165) is 49.2 Å². The summed E-state index contributed by atoms with van der Waals surface area (Å²) in [6, 6.07) is 20.6. The Kier molecular flexibility index (Phi) is 8.39. The van der Waals surface area contributed by atoms with Crippen LogP contribution in [-0.2, 0) is 22.8 Å². The first-order chi connectivity index (χ1) is 19.2. The van der Waals surface area contributed by atoms with Crippen molar-refractivity contribution in [3.05, 3.63) is 83.9 Å². The minimum atomic E-state index is -4.82. The van der Waals surface area contributed by atoms with Crippen molar-refractivity contribution in [2.24, 2.45) is 4.36 Å². The van der Waals surface area contributed by atoms with Crippen molar-refractivity contribution in [2.75, 3.05) is 11.4 Å². The second kappa shape index (κ2) is 11.8. The molecular weight excluding hydrogens is 539 g/mol. The van der Waals surface area contributed by atoms with Crippen LogP contribution in [0.2, 0.25) is 0 Å². The van der Waals surface area contributed by atoms with Crippen LogP contribution < -0.4 is 14.4 Å². The number of nitrogens with zero attached hydrogens (tertiary/aromatic N) is 2. The molecule has 5 rings (SSSR count). The Morgan fingerprint density at radius 2 is 1.57 bits per heavy atom. The molecule has 1 aliphatic carbocycles. The van der Waals surface area contributed by atoms with Gasteiger partial charge in [0.15, 0.2) is 0 Å². The number of aliphatic hydroxyl groups is 1. The third-order valence-electron chi connectivity index (χ3n) is 7.50. The number of nitrogens with one attached hydrogen (secondary N) is 1. The largest absolute Gasteiger partial charge is 0.573 e. The lowest BCUT2D eigenvalue weighted by Crippen LogP contribution is -2.55. The van der Waals surface area contributed by atoms with Gasteiger partial charge < -0.3 is 14.7 Å². The minimum absolute atomic E-state index is 0.246.